The molecule has 2 rings (SSSR count). The Balaban J connectivity index is 2.39. The lowest BCUT2D eigenvalue weighted by atomic mass is 10.1. The molecule has 92 valence electrons. The molecule has 0 fully saturated rings. The molecule has 0 bridgehead atoms. The molecule has 1 aromatic heterocycles. The first-order valence-corrected chi connectivity index (χ1v) is 5.78. The third-order valence-electron chi connectivity index (χ3n) is 2.83. The molecule has 1 N–H and O–H groups in total. The highest BCUT2D eigenvalue weighted by Gasteiger charge is 2.10. The second-order valence-corrected chi connectivity index (χ2v) is 4.05. The molecule has 0 aliphatic carbocycles. The fourth-order valence-corrected chi connectivity index (χ4v) is 1.71. The van der Waals surface area contributed by atoms with Crippen molar-refractivity contribution in [2.45, 2.75) is 20.3 Å². The van der Waals surface area contributed by atoms with Gasteiger partial charge in [0.25, 0.3) is 0 Å². The molecule has 0 unspecified atom stereocenters. The highest BCUT2D eigenvalue weighted by Crippen LogP contribution is 2.17. The summed E-state index contributed by atoms with van der Waals surface area (Å²) in [6.07, 6.45) is 2.34. The van der Waals surface area contributed by atoms with Gasteiger partial charge in [-0.05, 0) is 18.9 Å². The van der Waals surface area contributed by atoms with Crippen LogP contribution in [0, 0.1) is 6.92 Å². The van der Waals surface area contributed by atoms with Crippen molar-refractivity contribution >= 4 is 5.97 Å². The van der Waals surface area contributed by atoms with E-state index in [2.05, 4.69) is 16.9 Å². The van der Waals surface area contributed by atoms with E-state index in [0.717, 1.165) is 12.0 Å². The van der Waals surface area contributed by atoms with E-state index >= 15 is 0 Å². The summed E-state index contributed by atoms with van der Waals surface area (Å²) in [5, 5.41) is 8.92. The Morgan fingerprint density at radius 3 is 2.44 bits per heavy atom. The molecule has 0 aliphatic rings. The normalized spacial score (nSPS) is 10.3. The Morgan fingerprint density at radius 2 is 1.94 bits per heavy atom. The fourth-order valence-electron chi connectivity index (χ4n) is 1.71. The number of carboxylic acids is 1. The summed E-state index contributed by atoms with van der Waals surface area (Å²) in [6, 6.07) is 7.96. The number of aromatic nitrogens is 2. The summed E-state index contributed by atoms with van der Waals surface area (Å²) >= 11 is 0. The minimum Gasteiger partial charge on any atom is -0.478 e. The van der Waals surface area contributed by atoms with Gasteiger partial charge in [-0.25, -0.2) is 14.8 Å². The largest absolute Gasteiger partial charge is 0.478 e. The lowest BCUT2D eigenvalue weighted by Gasteiger charge is -2.04. The van der Waals surface area contributed by atoms with Crippen LogP contribution in [0.2, 0.25) is 0 Å². The number of carbonyl (C=O) groups is 1. The smallest absolute Gasteiger partial charge is 0.339 e. The molecule has 0 saturated carbocycles. The van der Waals surface area contributed by atoms with Crippen LogP contribution in [0.5, 0.6) is 0 Å². The van der Waals surface area contributed by atoms with E-state index in [1.807, 2.05) is 24.3 Å². The van der Waals surface area contributed by atoms with Crippen molar-refractivity contribution in [2.24, 2.45) is 0 Å². The third-order valence-corrected chi connectivity index (χ3v) is 2.83. The number of hydrogen-bond donors (Lipinski definition) is 1. The molecular weight excluding hydrogens is 228 g/mol. The van der Waals surface area contributed by atoms with Crippen LogP contribution in [0.3, 0.4) is 0 Å². The predicted octanol–water partition coefficient (Wildman–Crippen LogP) is 2.71. The minimum atomic E-state index is -1.000. The maximum atomic E-state index is 10.9. The van der Waals surface area contributed by atoms with Crippen molar-refractivity contribution in [3.8, 4) is 11.4 Å². The van der Waals surface area contributed by atoms with Gasteiger partial charge < -0.3 is 5.11 Å². The van der Waals surface area contributed by atoms with Gasteiger partial charge >= 0.3 is 5.97 Å². The number of hydrogen-bond acceptors (Lipinski definition) is 3. The van der Waals surface area contributed by atoms with Gasteiger partial charge in [0, 0.05) is 11.8 Å². The van der Waals surface area contributed by atoms with Crippen LogP contribution in [0.4, 0.5) is 0 Å². The van der Waals surface area contributed by atoms with Gasteiger partial charge in [-0.2, -0.15) is 0 Å². The third kappa shape index (κ3) is 2.37. The van der Waals surface area contributed by atoms with Crippen LogP contribution in [-0.2, 0) is 6.42 Å². The van der Waals surface area contributed by atoms with Crippen LogP contribution in [0.15, 0.2) is 30.5 Å². The number of benzene rings is 1. The number of carboxylic acid groups (broad SMARTS) is 1. The molecule has 4 heteroatoms. The Kier molecular flexibility index (Phi) is 3.37. The maximum absolute atomic E-state index is 10.9. The molecule has 4 nitrogen and oxygen atoms in total. The fraction of sp³-hybridized carbons (Fsp3) is 0.214. The molecule has 1 aromatic carbocycles. The first-order valence-electron chi connectivity index (χ1n) is 5.78. The summed E-state index contributed by atoms with van der Waals surface area (Å²) in [6.45, 7) is 3.77. The zero-order chi connectivity index (χ0) is 13.1. The zero-order valence-electron chi connectivity index (χ0n) is 10.3. The summed E-state index contributed by atoms with van der Waals surface area (Å²) in [5.41, 5.74) is 2.76. The van der Waals surface area contributed by atoms with Crippen molar-refractivity contribution in [3.63, 3.8) is 0 Å². The maximum Gasteiger partial charge on any atom is 0.339 e. The van der Waals surface area contributed by atoms with Gasteiger partial charge in [0.05, 0.1) is 11.3 Å². The van der Waals surface area contributed by atoms with Crippen molar-refractivity contribution in [1.29, 1.82) is 0 Å². The topological polar surface area (TPSA) is 63.1 Å². The predicted molar refractivity (Wildman–Crippen MR) is 68.5 cm³/mol. The van der Waals surface area contributed by atoms with Crippen molar-refractivity contribution in [3.05, 3.63) is 47.3 Å². The van der Waals surface area contributed by atoms with E-state index in [4.69, 9.17) is 5.11 Å². The van der Waals surface area contributed by atoms with Crippen LogP contribution in [0.25, 0.3) is 11.4 Å². The Labute approximate surface area is 105 Å². The zero-order valence-corrected chi connectivity index (χ0v) is 10.3. The van der Waals surface area contributed by atoms with Crippen LogP contribution in [0.1, 0.15) is 28.5 Å². The van der Waals surface area contributed by atoms with Gasteiger partial charge in [0.15, 0.2) is 5.82 Å². The lowest BCUT2D eigenvalue weighted by Crippen LogP contribution is -2.04. The summed E-state index contributed by atoms with van der Waals surface area (Å²) in [4.78, 5) is 19.2. The van der Waals surface area contributed by atoms with Crippen LogP contribution in [-0.4, -0.2) is 21.0 Å². The van der Waals surface area contributed by atoms with Crippen molar-refractivity contribution in [1.82, 2.24) is 9.97 Å². The van der Waals surface area contributed by atoms with Crippen LogP contribution < -0.4 is 0 Å². The van der Waals surface area contributed by atoms with E-state index < -0.39 is 5.97 Å². The second-order valence-electron chi connectivity index (χ2n) is 4.05. The number of nitrogens with zero attached hydrogens (tertiary/aromatic N) is 2. The first kappa shape index (κ1) is 12.2. The average molecular weight is 242 g/mol. The molecule has 0 radical (unpaired) electrons. The van der Waals surface area contributed by atoms with Gasteiger partial charge in [0.2, 0.25) is 0 Å². The summed E-state index contributed by atoms with van der Waals surface area (Å²) in [5.74, 6) is -0.444. The Hall–Kier alpha value is -2.23. The van der Waals surface area contributed by atoms with Crippen molar-refractivity contribution < 1.29 is 9.90 Å². The van der Waals surface area contributed by atoms with Gasteiger partial charge in [-0.1, -0.05) is 31.2 Å². The van der Waals surface area contributed by atoms with E-state index in [1.165, 1.54) is 11.8 Å². The highest BCUT2D eigenvalue weighted by molar-refractivity contribution is 5.88. The number of aryl methyl sites for hydroxylation is 2. The standard InChI is InChI=1S/C14H14N2O2/c1-3-10-4-6-11(7-5-10)13-15-8-12(14(17)18)9(2)16-13/h4-8H,3H2,1-2H3,(H,17,18). The summed E-state index contributed by atoms with van der Waals surface area (Å²) in [7, 11) is 0. The SMILES string of the molecule is CCc1ccc(-c2ncc(C(=O)O)c(C)n2)cc1. The quantitative estimate of drug-likeness (QED) is 0.898. The van der Waals surface area contributed by atoms with Gasteiger partial charge in [-0.15, -0.1) is 0 Å². The molecule has 2 aromatic rings. The molecule has 0 saturated heterocycles. The lowest BCUT2D eigenvalue weighted by molar-refractivity contribution is 0.0695. The molecule has 0 aliphatic heterocycles. The minimum absolute atomic E-state index is 0.143. The van der Waals surface area contributed by atoms with E-state index in [9.17, 15) is 4.79 Å². The van der Waals surface area contributed by atoms with E-state index in [1.54, 1.807) is 6.92 Å². The number of aromatic carboxylic acids is 1. The molecule has 18 heavy (non-hydrogen) atoms. The van der Waals surface area contributed by atoms with E-state index in [0.29, 0.717) is 11.5 Å². The van der Waals surface area contributed by atoms with Gasteiger partial charge in [-0.3, -0.25) is 0 Å². The Morgan fingerprint density at radius 1 is 1.28 bits per heavy atom. The first-order chi connectivity index (χ1) is 8.61. The Bertz CT molecular complexity index is 577. The number of rotatable bonds is 3. The monoisotopic (exact) mass is 242 g/mol. The molecule has 0 atom stereocenters. The molecular formula is C14H14N2O2. The summed E-state index contributed by atoms with van der Waals surface area (Å²) < 4.78 is 0. The molecule has 0 spiro atoms. The molecule has 0 amide bonds. The van der Waals surface area contributed by atoms with Crippen LogP contribution >= 0.6 is 0 Å². The van der Waals surface area contributed by atoms with Crippen molar-refractivity contribution in [2.75, 3.05) is 0 Å². The molecule has 1 heterocycles. The van der Waals surface area contributed by atoms with E-state index in [-0.39, 0.29) is 5.56 Å². The van der Waals surface area contributed by atoms with Gasteiger partial charge in [0.1, 0.15) is 0 Å². The second kappa shape index (κ2) is 4.96. The average Bonchev–Trinajstić information content (AvgIpc) is 2.38. The highest BCUT2D eigenvalue weighted by atomic mass is 16.4.